The second-order valence-corrected chi connectivity index (χ2v) is 4.69. The van der Waals surface area contributed by atoms with Crippen LogP contribution >= 0.6 is 11.6 Å². The van der Waals surface area contributed by atoms with E-state index >= 15 is 0 Å². The van der Waals surface area contributed by atoms with E-state index in [0.29, 0.717) is 24.0 Å². The van der Waals surface area contributed by atoms with Crippen LogP contribution in [-0.2, 0) is 4.74 Å². The van der Waals surface area contributed by atoms with Gasteiger partial charge in [-0.15, -0.1) is 0 Å². The summed E-state index contributed by atoms with van der Waals surface area (Å²) in [5, 5.41) is 9.40. The van der Waals surface area contributed by atoms with Gasteiger partial charge in [-0.1, -0.05) is 11.6 Å². The highest BCUT2D eigenvalue weighted by molar-refractivity contribution is 6.29. The standard InChI is InChI=1S/C12H12ClN3O3/c13-9-6-11(15-1-3-19-4-2-15)16-7-8(12(17)18)5-10(16)14-9/h5-7H,1-4H2,(H,17,18). The van der Waals surface area contributed by atoms with Crippen molar-refractivity contribution in [2.75, 3.05) is 31.2 Å². The first-order valence-electron chi connectivity index (χ1n) is 5.90. The predicted octanol–water partition coefficient (Wildman–Crippen LogP) is 1.52. The van der Waals surface area contributed by atoms with E-state index in [0.717, 1.165) is 18.9 Å². The van der Waals surface area contributed by atoms with Gasteiger partial charge in [-0.05, 0) is 6.07 Å². The third kappa shape index (κ3) is 2.24. The highest BCUT2D eigenvalue weighted by Gasteiger charge is 2.17. The number of carbonyl (C=O) groups is 1. The quantitative estimate of drug-likeness (QED) is 0.846. The van der Waals surface area contributed by atoms with E-state index in [1.807, 2.05) is 0 Å². The molecular weight excluding hydrogens is 270 g/mol. The summed E-state index contributed by atoms with van der Waals surface area (Å²) in [7, 11) is 0. The molecule has 0 aliphatic carbocycles. The first kappa shape index (κ1) is 12.3. The molecule has 1 aliphatic heterocycles. The average Bonchev–Trinajstić information content (AvgIpc) is 2.82. The Hall–Kier alpha value is -1.79. The van der Waals surface area contributed by atoms with Crippen molar-refractivity contribution in [3.63, 3.8) is 0 Å². The van der Waals surface area contributed by atoms with E-state index in [9.17, 15) is 4.79 Å². The average molecular weight is 282 g/mol. The second kappa shape index (κ2) is 4.71. The van der Waals surface area contributed by atoms with E-state index in [1.165, 1.54) is 6.07 Å². The Balaban J connectivity index is 2.13. The molecule has 0 atom stereocenters. The summed E-state index contributed by atoms with van der Waals surface area (Å²) in [6.45, 7) is 2.79. The molecule has 2 aromatic rings. The highest BCUT2D eigenvalue weighted by atomic mass is 35.5. The van der Waals surface area contributed by atoms with Crippen molar-refractivity contribution in [2.45, 2.75) is 0 Å². The van der Waals surface area contributed by atoms with Gasteiger partial charge in [-0.2, -0.15) is 0 Å². The van der Waals surface area contributed by atoms with Crippen LogP contribution in [-0.4, -0.2) is 46.8 Å². The van der Waals surface area contributed by atoms with Crippen molar-refractivity contribution < 1.29 is 14.6 Å². The number of fused-ring (bicyclic) bond motifs is 1. The lowest BCUT2D eigenvalue weighted by Gasteiger charge is -2.29. The maximum absolute atomic E-state index is 11.0. The third-order valence-electron chi connectivity index (χ3n) is 3.10. The number of nitrogens with zero attached hydrogens (tertiary/aromatic N) is 3. The Kier molecular flexibility index (Phi) is 3.04. The molecule has 2 aromatic heterocycles. The van der Waals surface area contributed by atoms with Crippen LogP contribution < -0.4 is 4.90 Å². The summed E-state index contributed by atoms with van der Waals surface area (Å²) in [5.74, 6) is -0.139. The van der Waals surface area contributed by atoms with Gasteiger partial charge in [0, 0.05) is 25.4 Å². The fraction of sp³-hybridized carbons (Fsp3) is 0.333. The van der Waals surface area contributed by atoms with E-state index in [4.69, 9.17) is 21.4 Å². The van der Waals surface area contributed by atoms with Crippen molar-refractivity contribution in [2.24, 2.45) is 0 Å². The van der Waals surface area contributed by atoms with Crippen molar-refractivity contribution in [3.8, 4) is 0 Å². The van der Waals surface area contributed by atoms with Gasteiger partial charge < -0.3 is 14.7 Å². The van der Waals surface area contributed by atoms with Crippen LogP contribution in [0.4, 0.5) is 5.82 Å². The first-order chi connectivity index (χ1) is 9.15. The number of halogens is 1. The molecule has 0 unspecified atom stereocenters. The van der Waals surface area contributed by atoms with Crippen molar-refractivity contribution in [1.29, 1.82) is 0 Å². The van der Waals surface area contributed by atoms with Crippen LogP contribution in [0.25, 0.3) is 5.65 Å². The van der Waals surface area contributed by atoms with Gasteiger partial charge in [0.1, 0.15) is 16.6 Å². The molecule has 1 fully saturated rings. The molecular formula is C12H12ClN3O3. The Morgan fingerprint density at radius 1 is 1.37 bits per heavy atom. The minimum Gasteiger partial charge on any atom is -0.478 e. The summed E-state index contributed by atoms with van der Waals surface area (Å²) in [4.78, 5) is 17.3. The fourth-order valence-corrected chi connectivity index (χ4v) is 2.38. The molecule has 6 nitrogen and oxygen atoms in total. The van der Waals surface area contributed by atoms with Crippen molar-refractivity contribution >= 4 is 29.0 Å². The molecule has 100 valence electrons. The molecule has 3 heterocycles. The fourth-order valence-electron chi connectivity index (χ4n) is 2.19. The van der Waals surface area contributed by atoms with Gasteiger partial charge in [0.25, 0.3) is 0 Å². The van der Waals surface area contributed by atoms with E-state index in [-0.39, 0.29) is 5.56 Å². The zero-order chi connectivity index (χ0) is 13.4. The normalized spacial score (nSPS) is 15.9. The van der Waals surface area contributed by atoms with Gasteiger partial charge >= 0.3 is 5.97 Å². The van der Waals surface area contributed by atoms with Crippen LogP contribution in [0.1, 0.15) is 10.4 Å². The first-order valence-corrected chi connectivity index (χ1v) is 6.27. The molecule has 0 amide bonds. The molecule has 7 heteroatoms. The molecule has 0 spiro atoms. The summed E-state index contributed by atoms with van der Waals surface area (Å²) >= 11 is 6.00. The molecule has 1 N–H and O–H groups in total. The lowest BCUT2D eigenvalue weighted by molar-refractivity contribution is 0.0697. The smallest absolute Gasteiger partial charge is 0.337 e. The maximum atomic E-state index is 11.0. The monoisotopic (exact) mass is 281 g/mol. The van der Waals surface area contributed by atoms with Gasteiger partial charge in [0.15, 0.2) is 0 Å². The largest absolute Gasteiger partial charge is 0.478 e. The van der Waals surface area contributed by atoms with Crippen LogP contribution in [0.3, 0.4) is 0 Å². The molecule has 0 aromatic carbocycles. The Morgan fingerprint density at radius 3 is 2.79 bits per heavy atom. The van der Waals surface area contributed by atoms with Gasteiger partial charge in [-0.25, -0.2) is 9.78 Å². The number of anilines is 1. The van der Waals surface area contributed by atoms with Gasteiger partial charge in [-0.3, -0.25) is 4.40 Å². The van der Waals surface area contributed by atoms with Gasteiger partial charge in [0.2, 0.25) is 0 Å². The highest BCUT2D eigenvalue weighted by Crippen LogP contribution is 2.23. The summed E-state index contributed by atoms with van der Waals surface area (Å²) < 4.78 is 7.06. The predicted molar refractivity (Wildman–Crippen MR) is 70.2 cm³/mol. The number of carboxylic acids is 1. The molecule has 0 bridgehead atoms. The number of morpholine rings is 1. The van der Waals surface area contributed by atoms with Crippen LogP contribution in [0, 0.1) is 0 Å². The Labute approximate surface area is 114 Å². The lowest BCUT2D eigenvalue weighted by atomic mass is 10.3. The van der Waals surface area contributed by atoms with E-state index in [2.05, 4.69) is 9.88 Å². The minimum absolute atomic E-state index is 0.198. The van der Waals surface area contributed by atoms with Crippen LogP contribution in [0.5, 0.6) is 0 Å². The van der Waals surface area contributed by atoms with Crippen LogP contribution in [0.2, 0.25) is 5.15 Å². The molecule has 0 radical (unpaired) electrons. The number of hydrogen-bond acceptors (Lipinski definition) is 4. The summed E-state index contributed by atoms with van der Waals surface area (Å²) in [6.07, 6.45) is 1.56. The minimum atomic E-state index is -0.977. The zero-order valence-electron chi connectivity index (χ0n) is 10.0. The van der Waals surface area contributed by atoms with Crippen LogP contribution in [0.15, 0.2) is 18.3 Å². The van der Waals surface area contributed by atoms with E-state index in [1.54, 1.807) is 16.7 Å². The molecule has 1 saturated heterocycles. The molecule has 0 saturated carbocycles. The Morgan fingerprint density at radius 2 is 2.11 bits per heavy atom. The number of rotatable bonds is 2. The summed E-state index contributed by atoms with van der Waals surface area (Å²) in [6, 6.07) is 3.25. The number of ether oxygens (including phenoxy) is 1. The zero-order valence-corrected chi connectivity index (χ0v) is 10.8. The summed E-state index contributed by atoms with van der Waals surface area (Å²) in [5.41, 5.74) is 0.732. The molecule has 3 rings (SSSR count). The third-order valence-corrected chi connectivity index (χ3v) is 3.29. The number of carboxylic acid groups (broad SMARTS) is 1. The Bertz CT molecular complexity index is 634. The van der Waals surface area contributed by atoms with Crippen molar-refractivity contribution in [3.05, 3.63) is 29.0 Å². The van der Waals surface area contributed by atoms with E-state index < -0.39 is 5.97 Å². The number of hydrogen-bond donors (Lipinski definition) is 1. The number of aromatic carboxylic acids is 1. The molecule has 19 heavy (non-hydrogen) atoms. The SMILES string of the molecule is O=C(O)c1cc2nc(Cl)cc(N3CCOCC3)n2c1. The molecule has 1 aliphatic rings. The van der Waals surface area contributed by atoms with Crippen molar-refractivity contribution in [1.82, 2.24) is 9.38 Å². The second-order valence-electron chi connectivity index (χ2n) is 4.30. The lowest BCUT2D eigenvalue weighted by Crippen LogP contribution is -2.37. The topological polar surface area (TPSA) is 67.1 Å². The number of aromatic nitrogens is 2. The maximum Gasteiger partial charge on any atom is 0.337 e. The van der Waals surface area contributed by atoms with Gasteiger partial charge in [0.05, 0.1) is 18.8 Å².